The quantitative estimate of drug-likeness (QED) is 0.131. The van der Waals surface area contributed by atoms with Gasteiger partial charge in [0.25, 0.3) is 0 Å². The van der Waals surface area contributed by atoms with Crippen LogP contribution in [0.25, 0.3) is 0 Å². The maximum absolute atomic E-state index is 6.25. The van der Waals surface area contributed by atoms with Crippen molar-refractivity contribution in [1.29, 1.82) is 0 Å². The third-order valence-electron chi connectivity index (χ3n) is 5.33. The van der Waals surface area contributed by atoms with Gasteiger partial charge in [-0.2, -0.15) is 0 Å². The van der Waals surface area contributed by atoms with Crippen LogP contribution < -0.4 is 5.73 Å². The highest BCUT2D eigenvalue weighted by molar-refractivity contribution is 6.60. The van der Waals surface area contributed by atoms with Gasteiger partial charge in [0.1, 0.15) is 0 Å². The molecule has 0 fully saturated rings. The molecule has 170 valence electrons. The number of halogens is 1. The molecule has 0 aliphatic heterocycles. The molecular formula is C22H48ClNO3Si. The molecule has 0 bridgehead atoms. The molecule has 0 amide bonds. The minimum atomic E-state index is -2.42. The minimum absolute atomic E-state index is 0. The molecule has 4 nitrogen and oxygen atoms in total. The fraction of sp³-hybridized carbons (Fsp3) is 0.909. The Morgan fingerprint density at radius 1 is 0.714 bits per heavy atom. The maximum Gasteiger partial charge on any atom is 0.500 e. The van der Waals surface area contributed by atoms with Crippen molar-refractivity contribution in [2.45, 2.75) is 109 Å². The molecule has 0 aromatic carbocycles. The zero-order valence-corrected chi connectivity index (χ0v) is 20.9. The Balaban J connectivity index is 0. The second-order valence-corrected chi connectivity index (χ2v) is 10.7. The topological polar surface area (TPSA) is 53.7 Å². The molecule has 0 heterocycles. The Labute approximate surface area is 182 Å². The summed E-state index contributed by atoms with van der Waals surface area (Å²) < 4.78 is 16.3. The third kappa shape index (κ3) is 17.0. The highest BCUT2D eigenvalue weighted by Crippen LogP contribution is 2.18. The molecule has 0 radical (unpaired) electrons. The van der Waals surface area contributed by atoms with E-state index in [4.69, 9.17) is 19.0 Å². The first-order valence-corrected chi connectivity index (χ1v) is 13.1. The Kier molecular flexibility index (Phi) is 23.6. The average molecular weight is 438 g/mol. The fourth-order valence-corrected chi connectivity index (χ4v) is 5.15. The normalized spacial score (nSPS) is 13.0. The van der Waals surface area contributed by atoms with Crippen molar-refractivity contribution in [3.8, 4) is 0 Å². The zero-order chi connectivity index (χ0) is 20.2. The maximum atomic E-state index is 6.25. The van der Waals surface area contributed by atoms with Gasteiger partial charge in [-0.3, -0.25) is 0 Å². The first-order chi connectivity index (χ1) is 13.1. The summed E-state index contributed by atoms with van der Waals surface area (Å²) in [7, 11) is 2.59. The van der Waals surface area contributed by atoms with Crippen molar-refractivity contribution in [1.82, 2.24) is 0 Å². The monoisotopic (exact) mass is 437 g/mol. The Hall–Kier alpha value is 0.0869. The fourth-order valence-electron chi connectivity index (χ4n) is 3.40. The summed E-state index contributed by atoms with van der Waals surface area (Å²) in [5, 5.41) is 0. The summed E-state index contributed by atoms with van der Waals surface area (Å²) >= 11 is 0. The van der Waals surface area contributed by atoms with E-state index in [-0.39, 0.29) is 18.4 Å². The number of allylic oxidation sites excluding steroid dienone is 2. The second kappa shape index (κ2) is 21.8. The summed E-state index contributed by atoms with van der Waals surface area (Å²) in [6.45, 7) is 2.27. The molecule has 0 rings (SSSR count). The van der Waals surface area contributed by atoms with Gasteiger partial charge < -0.3 is 19.0 Å². The highest BCUT2D eigenvalue weighted by atomic mass is 35.5. The van der Waals surface area contributed by atoms with E-state index in [0.717, 1.165) is 25.3 Å². The van der Waals surface area contributed by atoms with E-state index in [2.05, 4.69) is 19.1 Å². The number of hydrogen-bond donors (Lipinski definition) is 1. The third-order valence-corrected chi connectivity index (χ3v) is 8.16. The van der Waals surface area contributed by atoms with Crippen LogP contribution in [0.15, 0.2) is 12.2 Å². The largest absolute Gasteiger partial charge is 0.500 e. The lowest BCUT2D eigenvalue weighted by Crippen LogP contribution is -2.42. The van der Waals surface area contributed by atoms with Crippen LogP contribution in [0.4, 0.5) is 0 Å². The minimum Gasteiger partial charge on any atom is -0.377 e. The van der Waals surface area contributed by atoms with Crippen molar-refractivity contribution in [2.75, 3.05) is 21.3 Å². The molecule has 0 aromatic heterocycles. The summed E-state index contributed by atoms with van der Waals surface area (Å²) in [6.07, 6.45) is 22.4. The molecule has 0 aromatic rings. The molecule has 0 aliphatic rings. The Bertz CT molecular complexity index is 333. The van der Waals surface area contributed by atoms with Crippen molar-refractivity contribution in [2.24, 2.45) is 5.73 Å². The summed E-state index contributed by atoms with van der Waals surface area (Å²) in [4.78, 5) is 0. The van der Waals surface area contributed by atoms with Gasteiger partial charge >= 0.3 is 8.80 Å². The van der Waals surface area contributed by atoms with Crippen molar-refractivity contribution in [3.63, 3.8) is 0 Å². The van der Waals surface area contributed by atoms with Crippen LogP contribution in [0, 0.1) is 0 Å². The van der Waals surface area contributed by atoms with Gasteiger partial charge in [-0.1, -0.05) is 64.0 Å². The van der Waals surface area contributed by atoms with Crippen LogP contribution in [0.5, 0.6) is 0 Å². The SMILES string of the molecule is CCCCCC/C=C\CCCCCCCC(N)CCC[Si](OC)(OC)OC.Cl. The van der Waals surface area contributed by atoms with Crippen molar-refractivity contribution in [3.05, 3.63) is 12.2 Å². The van der Waals surface area contributed by atoms with E-state index < -0.39 is 8.80 Å². The lowest BCUT2D eigenvalue weighted by molar-refractivity contribution is 0.122. The van der Waals surface area contributed by atoms with E-state index in [9.17, 15) is 0 Å². The van der Waals surface area contributed by atoms with Crippen LogP contribution in [-0.4, -0.2) is 36.2 Å². The van der Waals surface area contributed by atoms with Gasteiger partial charge in [0, 0.05) is 33.4 Å². The van der Waals surface area contributed by atoms with Gasteiger partial charge in [0.05, 0.1) is 0 Å². The smallest absolute Gasteiger partial charge is 0.377 e. The van der Waals surface area contributed by atoms with Crippen LogP contribution in [0.3, 0.4) is 0 Å². The van der Waals surface area contributed by atoms with Gasteiger partial charge in [0.2, 0.25) is 0 Å². The van der Waals surface area contributed by atoms with Gasteiger partial charge in [-0.05, 0) is 44.9 Å². The van der Waals surface area contributed by atoms with E-state index >= 15 is 0 Å². The zero-order valence-electron chi connectivity index (χ0n) is 19.0. The molecule has 0 spiro atoms. The number of nitrogens with two attached hydrogens (primary N) is 1. The van der Waals surface area contributed by atoms with Crippen LogP contribution in [-0.2, 0) is 13.3 Å². The average Bonchev–Trinajstić information content (AvgIpc) is 2.69. The first kappa shape index (κ1) is 30.3. The highest BCUT2D eigenvalue weighted by Gasteiger charge is 2.36. The number of unbranched alkanes of at least 4 members (excludes halogenated alkanes) is 9. The van der Waals surface area contributed by atoms with Crippen LogP contribution in [0.1, 0.15) is 96.8 Å². The van der Waals surface area contributed by atoms with Crippen molar-refractivity contribution < 1.29 is 13.3 Å². The summed E-state index contributed by atoms with van der Waals surface area (Å²) in [5.41, 5.74) is 6.25. The second-order valence-electron chi connectivity index (χ2n) is 7.61. The molecule has 2 N–H and O–H groups in total. The Morgan fingerprint density at radius 3 is 1.71 bits per heavy atom. The number of rotatable bonds is 20. The molecule has 0 aliphatic carbocycles. The predicted molar refractivity (Wildman–Crippen MR) is 126 cm³/mol. The van der Waals surface area contributed by atoms with E-state index in [0.29, 0.717) is 0 Å². The standard InChI is InChI=1S/C22H47NO3Si.ClH/c1-5-6-7-8-9-10-11-12-13-14-15-16-17-19-22(23)20-18-21-27(24-2,25-3)26-4;/h10-11,22H,5-9,12-21,23H2,1-4H3;1H/b11-10-;. The van der Waals surface area contributed by atoms with E-state index in [1.54, 1.807) is 21.3 Å². The predicted octanol–water partition coefficient (Wildman–Crippen LogP) is 6.65. The van der Waals surface area contributed by atoms with Crippen LogP contribution in [0.2, 0.25) is 6.04 Å². The molecule has 0 saturated carbocycles. The number of hydrogen-bond acceptors (Lipinski definition) is 4. The van der Waals surface area contributed by atoms with E-state index in [1.165, 1.54) is 70.6 Å². The van der Waals surface area contributed by atoms with Gasteiger partial charge in [-0.25, -0.2) is 0 Å². The van der Waals surface area contributed by atoms with Gasteiger partial charge in [-0.15, -0.1) is 12.4 Å². The molecule has 28 heavy (non-hydrogen) atoms. The Morgan fingerprint density at radius 2 is 1.18 bits per heavy atom. The molecular weight excluding hydrogens is 390 g/mol. The van der Waals surface area contributed by atoms with E-state index in [1.807, 2.05) is 0 Å². The molecule has 6 heteroatoms. The molecule has 1 atom stereocenters. The van der Waals surface area contributed by atoms with Crippen LogP contribution >= 0.6 is 12.4 Å². The molecule has 0 saturated heterocycles. The first-order valence-electron chi connectivity index (χ1n) is 11.2. The van der Waals surface area contributed by atoms with Crippen molar-refractivity contribution >= 4 is 21.2 Å². The lowest BCUT2D eigenvalue weighted by Gasteiger charge is -2.24. The lowest BCUT2D eigenvalue weighted by atomic mass is 10.0. The van der Waals surface area contributed by atoms with Gasteiger partial charge in [0.15, 0.2) is 0 Å². The summed E-state index contributed by atoms with van der Waals surface area (Å²) in [6, 6.07) is 1.13. The summed E-state index contributed by atoms with van der Waals surface area (Å²) in [5.74, 6) is 0. The molecule has 1 unspecified atom stereocenters.